The Balaban J connectivity index is 2.10. The SMILES string of the molecule is Cc1ccccc1CSc1ccc(N)c(CC#N)c1. The maximum absolute atomic E-state index is 8.77. The summed E-state index contributed by atoms with van der Waals surface area (Å²) >= 11 is 1.77. The molecule has 0 unspecified atom stereocenters. The van der Waals surface area contributed by atoms with Crippen molar-refractivity contribution >= 4 is 17.4 Å². The summed E-state index contributed by atoms with van der Waals surface area (Å²) in [6.45, 7) is 2.12. The maximum Gasteiger partial charge on any atom is 0.0670 e. The zero-order valence-corrected chi connectivity index (χ0v) is 11.7. The Morgan fingerprint density at radius 1 is 1.16 bits per heavy atom. The lowest BCUT2D eigenvalue weighted by Crippen LogP contribution is -1.93. The van der Waals surface area contributed by atoms with Crippen molar-refractivity contribution in [3.05, 3.63) is 59.2 Å². The highest BCUT2D eigenvalue weighted by Gasteiger charge is 2.03. The molecule has 0 bridgehead atoms. The largest absolute Gasteiger partial charge is 0.398 e. The summed E-state index contributed by atoms with van der Waals surface area (Å²) in [7, 11) is 0. The number of benzene rings is 2. The number of hydrogen-bond acceptors (Lipinski definition) is 3. The second kappa shape index (κ2) is 6.31. The van der Waals surface area contributed by atoms with Gasteiger partial charge in [0.1, 0.15) is 0 Å². The quantitative estimate of drug-likeness (QED) is 0.675. The summed E-state index contributed by atoms with van der Waals surface area (Å²) in [6, 6.07) is 16.4. The van der Waals surface area contributed by atoms with E-state index in [1.54, 1.807) is 11.8 Å². The minimum Gasteiger partial charge on any atom is -0.398 e. The number of hydrogen-bond donors (Lipinski definition) is 1. The van der Waals surface area contributed by atoms with Gasteiger partial charge in [0.2, 0.25) is 0 Å². The molecule has 0 aliphatic rings. The van der Waals surface area contributed by atoms with Gasteiger partial charge in [0.25, 0.3) is 0 Å². The summed E-state index contributed by atoms with van der Waals surface area (Å²) in [5, 5.41) is 8.77. The number of rotatable bonds is 4. The normalized spacial score (nSPS) is 10.1. The van der Waals surface area contributed by atoms with Gasteiger partial charge in [0.15, 0.2) is 0 Å². The fourth-order valence-corrected chi connectivity index (χ4v) is 2.88. The molecular weight excluding hydrogens is 252 g/mol. The number of nitrogen functional groups attached to an aromatic ring is 1. The number of thioether (sulfide) groups is 1. The molecule has 2 nitrogen and oxygen atoms in total. The van der Waals surface area contributed by atoms with Gasteiger partial charge in [-0.15, -0.1) is 11.8 Å². The van der Waals surface area contributed by atoms with E-state index in [1.807, 2.05) is 18.2 Å². The Kier molecular flexibility index (Phi) is 4.48. The monoisotopic (exact) mass is 268 g/mol. The minimum absolute atomic E-state index is 0.366. The molecule has 2 aromatic carbocycles. The first kappa shape index (κ1) is 13.5. The van der Waals surface area contributed by atoms with Crippen molar-refractivity contribution in [2.75, 3.05) is 5.73 Å². The van der Waals surface area contributed by atoms with Crippen molar-refractivity contribution in [1.82, 2.24) is 0 Å². The van der Waals surface area contributed by atoms with Crippen molar-refractivity contribution in [2.45, 2.75) is 24.0 Å². The molecule has 0 aliphatic heterocycles. The number of anilines is 1. The highest BCUT2D eigenvalue weighted by molar-refractivity contribution is 7.98. The lowest BCUT2D eigenvalue weighted by atomic mass is 10.1. The molecule has 0 aliphatic carbocycles. The Morgan fingerprint density at radius 2 is 1.95 bits per heavy atom. The van der Waals surface area contributed by atoms with Gasteiger partial charge in [0, 0.05) is 16.3 Å². The van der Waals surface area contributed by atoms with E-state index in [0.717, 1.165) is 16.2 Å². The molecule has 2 rings (SSSR count). The van der Waals surface area contributed by atoms with E-state index in [1.165, 1.54) is 11.1 Å². The molecule has 0 saturated heterocycles. The van der Waals surface area contributed by atoms with Gasteiger partial charge in [0.05, 0.1) is 12.5 Å². The standard InChI is InChI=1S/C16H16N2S/c1-12-4-2-3-5-14(12)11-19-15-6-7-16(18)13(10-15)8-9-17/h2-7,10H,8,11,18H2,1H3. The highest BCUT2D eigenvalue weighted by atomic mass is 32.2. The fraction of sp³-hybridized carbons (Fsp3) is 0.188. The summed E-state index contributed by atoms with van der Waals surface area (Å²) in [5.41, 5.74) is 10.1. The fourth-order valence-electron chi connectivity index (χ4n) is 1.84. The average Bonchev–Trinajstić information content (AvgIpc) is 2.41. The van der Waals surface area contributed by atoms with Crippen molar-refractivity contribution in [3.8, 4) is 6.07 Å². The van der Waals surface area contributed by atoms with Crippen molar-refractivity contribution in [1.29, 1.82) is 5.26 Å². The molecular formula is C16H16N2S. The first-order valence-corrected chi connectivity index (χ1v) is 7.12. The topological polar surface area (TPSA) is 49.8 Å². The molecule has 96 valence electrons. The Hall–Kier alpha value is -1.92. The zero-order valence-electron chi connectivity index (χ0n) is 10.9. The van der Waals surface area contributed by atoms with Crippen LogP contribution in [0.3, 0.4) is 0 Å². The third-order valence-corrected chi connectivity index (χ3v) is 4.08. The average molecular weight is 268 g/mol. The van der Waals surface area contributed by atoms with E-state index < -0.39 is 0 Å². The third kappa shape index (κ3) is 3.52. The van der Waals surface area contributed by atoms with Crippen molar-refractivity contribution < 1.29 is 0 Å². The predicted octanol–water partition coefficient (Wildman–Crippen LogP) is 3.94. The van der Waals surface area contributed by atoms with Crippen LogP contribution in [0.15, 0.2) is 47.4 Å². The Morgan fingerprint density at radius 3 is 2.68 bits per heavy atom. The lowest BCUT2D eigenvalue weighted by molar-refractivity contribution is 1.23. The molecule has 0 spiro atoms. The van der Waals surface area contributed by atoms with E-state index >= 15 is 0 Å². The molecule has 0 atom stereocenters. The molecule has 0 amide bonds. The van der Waals surface area contributed by atoms with Gasteiger partial charge < -0.3 is 5.73 Å². The lowest BCUT2D eigenvalue weighted by Gasteiger charge is -2.08. The summed E-state index contributed by atoms with van der Waals surface area (Å²) in [5.74, 6) is 0.933. The molecule has 0 fully saturated rings. The van der Waals surface area contributed by atoms with Gasteiger partial charge in [-0.1, -0.05) is 24.3 Å². The van der Waals surface area contributed by atoms with Gasteiger partial charge in [-0.3, -0.25) is 0 Å². The number of nitrogens with two attached hydrogens (primary N) is 1. The van der Waals surface area contributed by atoms with E-state index in [4.69, 9.17) is 11.0 Å². The Labute approximate surface area is 118 Å². The van der Waals surface area contributed by atoms with Gasteiger partial charge in [-0.25, -0.2) is 0 Å². The van der Waals surface area contributed by atoms with Crippen LogP contribution in [-0.4, -0.2) is 0 Å². The molecule has 19 heavy (non-hydrogen) atoms. The van der Waals surface area contributed by atoms with Gasteiger partial charge >= 0.3 is 0 Å². The summed E-state index contributed by atoms with van der Waals surface area (Å²) < 4.78 is 0. The third-order valence-electron chi connectivity index (χ3n) is 3.04. The second-order valence-corrected chi connectivity index (χ2v) is 5.46. The maximum atomic E-state index is 8.77. The molecule has 0 radical (unpaired) electrons. The van der Waals surface area contributed by atoms with E-state index in [2.05, 4.69) is 37.3 Å². The van der Waals surface area contributed by atoms with E-state index in [9.17, 15) is 0 Å². The molecule has 3 heteroatoms. The molecule has 0 heterocycles. The number of nitrogens with zero attached hydrogens (tertiary/aromatic N) is 1. The first-order chi connectivity index (χ1) is 9.20. The van der Waals surface area contributed by atoms with Gasteiger partial charge in [-0.05, 0) is 41.8 Å². The molecule has 0 saturated carbocycles. The predicted molar refractivity (Wildman–Crippen MR) is 80.9 cm³/mol. The molecule has 2 N–H and O–H groups in total. The highest BCUT2D eigenvalue weighted by Crippen LogP contribution is 2.27. The van der Waals surface area contributed by atoms with Crippen molar-refractivity contribution in [3.63, 3.8) is 0 Å². The molecule has 0 aromatic heterocycles. The van der Waals surface area contributed by atoms with Crippen LogP contribution in [0, 0.1) is 18.3 Å². The summed E-state index contributed by atoms with van der Waals surface area (Å²) in [4.78, 5) is 1.16. The summed E-state index contributed by atoms with van der Waals surface area (Å²) in [6.07, 6.45) is 0.366. The number of nitriles is 1. The second-order valence-electron chi connectivity index (χ2n) is 4.41. The smallest absolute Gasteiger partial charge is 0.0670 e. The van der Waals surface area contributed by atoms with Crippen LogP contribution in [0.5, 0.6) is 0 Å². The van der Waals surface area contributed by atoms with Crippen LogP contribution >= 0.6 is 11.8 Å². The van der Waals surface area contributed by atoms with Crippen LogP contribution in [0.1, 0.15) is 16.7 Å². The van der Waals surface area contributed by atoms with Crippen LogP contribution in [0.4, 0.5) is 5.69 Å². The Bertz CT molecular complexity index is 614. The van der Waals surface area contributed by atoms with Crippen LogP contribution < -0.4 is 5.73 Å². The minimum atomic E-state index is 0.366. The van der Waals surface area contributed by atoms with Crippen molar-refractivity contribution in [2.24, 2.45) is 0 Å². The van der Waals surface area contributed by atoms with Crippen LogP contribution in [0.2, 0.25) is 0 Å². The first-order valence-electron chi connectivity index (χ1n) is 6.13. The van der Waals surface area contributed by atoms with Crippen LogP contribution in [0.25, 0.3) is 0 Å². The van der Waals surface area contributed by atoms with Gasteiger partial charge in [-0.2, -0.15) is 5.26 Å². The van der Waals surface area contributed by atoms with E-state index in [0.29, 0.717) is 12.1 Å². The van der Waals surface area contributed by atoms with Crippen LogP contribution in [-0.2, 0) is 12.2 Å². The number of aryl methyl sites for hydroxylation is 1. The molecule has 2 aromatic rings. The van der Waals surface area contributed by atoms with E-state index in [-0.39, 0.29) is 0 Å². The zero-order chi connectivity index (χ0) is 13.7.